The summed E-state index contributed by atoms with van der Waals surface area (Å²) < 4.78 is 40.4. The molecule has 0 aromatic heterocycles. The lowest BCUT2D eigenvalue weighted by atomic mass is 10.1. The van der Waals surface area contributed by atoms with Gasteiger partial charge in [-0.1, -0.05) is 12.1 Å². The van der Waals surface area contributed by atoms with E-state index in [-0.39, 0.29) is 17.7 Å². The Morgan fingerprint density at radius 2 is 1.76 bits per heavy atom. The third-order valence-electron chi connectivity index (χ3n) is 3.20. The van der Waals surface area contributed by atoms with Crippen LogP contribution in [0.5, 0.6) is 0 Å². The molecule has 0 heterocycles. The van der Waals surface area contributed by atoms with E-state index in [0.717, 1.165) is 0 Å². The highest BCUT2D eigenvalue weighted by atomic mass is 19.1. The van der Waals surface area contributed by atoms with Crippen LogP contribution in [0.3, 0.4) is 0 Å². The number of hydrogen-bond donors (Lipinski definition) is 1. The number of benzene rings is 2. The van der Waals surface area contributed by atoms with Crippen LogP contribution in [0, 0.1) is 28.8 Å². The Hall–Kier alpha value is -2.32. The summed E-state index contributed by atoms with van der Waals surface area (Å²) in [7, 11) is 0. The van der Waals surface area contributed by atoms with E-state index >= 15 is 0 Å². The second-order valence-electron chi connectivity index (χ2n) is 4.66. The summed E-state index contributed by atoms with van der Waals surface area (Å²) in [5.74, 6) is -1.83. The van der Waals surface area contributed by atoms with E-state index in [4.69, 9.17) is 5.26 Å². The van der Waals surface area contributed by atoms with Gasteiger partial charge in [0.05, 0.1) is 5.56 Å². The van der Waals surface area contributed by atoms with Gasteiger partial charge in [0.15, 0.2) is 0 Å². The lowest BCUT2D eigenvalue weighted by Gasteiger charge is -2.16. The molecule has 1 unspecified atom stereocenters. The van der Waals surface area contributed by atoms with Crippen LogP contribution in [-0.2, 0) is 6.54 Å². The van der Waals surface area contributed by atoms with Crippen molar-refractivity contribution in [3.05, 3.63) is 70.5 Å². The van der Waals surface area contributed by atoms with Gasteiger partial charge < -0.3 is 5.32 Å². The fraction of sp³-hybridized carbons (Fsp3) is 0.188. The number of rotatable bonds is 4. The number of nitriles is 1. The smallest absolute Gasteiger partial charge is 0.140 e. The van der Waals surface area contributed by atoms with Crippen LogP contribution < -0.4 is 5.32 Å². The lowest BCUT2D eigenvalue weighted by Crippen LogP contribution is -2.20. The summed E-state index contributed by atoms with van der Waals surface area (Å²) in [5, 5.41) is 11.7. The quantitative estimate of drug-likeness (QED) is 0.929. The van der Waals surface area contributed by atoms with Gasteiger partial charge in [0.25, 0.3) is 0 Å². The van der Waals surface area contributed by atoms with Crippen LogP contribution in [0.15, 0.2) is 36.4 Å². The van der Waals surface area contributed by atoms with Gasteiger partial charge in [0.2, 0.25) is 0 Å². The van der Waals surface area contributed by atoms with E-state index < -0.39 is 23.5 Å². The second kappa shape index (κ2) is 6.42. The average molecular weight is 290 g/mol. The number of hydrogen-bond acceptors (Lipinski definition) is 2. The molecule has 0 fully saturated rings. The molecule has 0 saturated carbocycles. The number of nitrogens with zero attached hydrogens (tertiary/aromatic N) is 1. The molecular formula is C16H13F3N2. The Balaban J connectivity index is 2.11. The molecule has 0 aliphatic heterocycles. The molecular weight excluding hydrogens is 277 g/mol. The zero-order valence-corrected chi connectivity index (χ0v) is 11.3. The molecule has 0 saturated heterocycles. The highest BCUT2D eigenvalue weighted by Crippen LogP contribution is 2.20. The first-order chi connectivity index (χ1) is 10.0. The average Bonchev–Trinajstić information content (AvgIpc) is 2.46. The maximum absolute atomic E-state index is 13.6. The fourth-order valence-electron chi connectivity index (χ4n) is 2.07. The van der Waals surface area contributed by atoms with Gasteiger partial charge in [-0.15, -0.1) is 0 Å². The molecule has 21 heavy (non-hydrogen) atoms. The van der Waals surface area contributed by atoms with Gasteiger partial charge in [-0.3, -0.25) is 0 Å². The SMILES string of the molecule is CC(NCc1ccc(F)c(C#N)c1)c1c(F)cccc1F. The summed E-state index contributed by atoms with van der Waals surface area (Å²) in [6.07, 6.45) is 0. The summed E-state index contributed by atoms with van der Waals surface area (Å²) in [6, 6.07) is 9.02. The molecule has 2 rings (SSSR count). The normalized spacial score (nSPS) is 12.0. The van der Waals surface area contributed by atoms with E-state index in [1.807, 2.05) is 0 Å². The van der Waals surface area contributed by atoms with Crippen molar-refractivity contribution in [2.75, 3.05) is 0 Å². The minimum Gasteiger partial charge on any atom is -0.306 e. The highest BCUT2D eigenvalue weighted by molar-refractivity contribution is 5.34. The van der Waals surface area contributed by atoms with E-state index in [1.165, 1.54) is 36.4 Å². The summed E-state index contributed by atoms with van der Waals surface area (Å²) in [4.78, 5) is 0. The van der Waals surface area contributed by atoms with Crippen molar-refractivity contribution in [3.8, 4) is 6.07 Å². The fourth-order valence-corrected chi connectivity index (χ4v) is 2.07. The molecule has 0 bridgehead atoms. The third kappa shape index (κ3) is 3.41. The van der Waals surface area contributed by atoms with E-state index in [0.29, 0.717) is 5.56 Å². The Kier molecular flexibility index (Phi) is 4.61. The zero-order chi connectivity index (χ0) is 15.4. The first-order valence-electron chi connectivity index (χ1n) is 6.38. The zero-order valence-electron chi connectivity index (χ0n) is 11.3. The van der Waals surface area contributed by atoms with E-state index in [2.05, 4.69) is 5.32 Å². The van der Waals surface area contributed by atoms with Crippen LogP contribution in [0.4, 0.5) is 13.2 Å². The monoisotopic (exact) mass is 290 g/mol. The third-order valence-corrected chi connectivity index (χ3v) is 3.20. The Bertz CT molecular complexity index is 672. The van der Waals surface area contributed by atoms with Gasteiger partial charge >= 0.3 is 0 Å². The molecule has 0 aliphatic rings. The van der Waals surface area contributed by atoms with E-state index in [1.54, 1.807) is 13.0 Å². The highest BCUT2D eigenvalue weighted by Gasteiger charge is 2.15. The van der Waals surface area contributed by atoms with Crippen molar-refractivity contribution >= 4 is 0 Å². The van der Waals surface area contributed by atoms with Crippen LogP contribution in [0.1, 0.15) is 29.7 Å². The molecule has 5 heteroatoms. The van der Waals surface area contributed by atoms with Crippen molar-refractivity contribution < 1.29 is 13.2 Å². The Morgan fingerprint density at radius 1 is 1.10 bits per heavy atom. The maximum atomic E-state index is 13.6. The molecule has 0 spiro atoms. The van der Waals surface area contributed by atoms with Gasteiger partial charge in [0, 0.05) is 18.2 Å². The maximum Gasteiger partial charge on any atom is 0.140 e. The predicted octanol–water partition coefficient (Wildman–Crippen LogP) is 3.83. The first kappa shape index (κ1) is 15.1. The molecule has 1 atom stereocenters. The van der Waals surface area contributed by atoms with Crippen LogP contribution in [0.2, 0.25) is 0 Å². The largest absolute Gasteiger partial charge is 0.306 e. The van der Waals surface area contributed by atoms with Crippen molar-refractivity contribution in [3.63, 3.8) is 0 Å². The minimum atomic E-state index is -0.619. The van der Waals surface area contributed by atoms with Crippen molar-refractivity contribution in [2.45, 2.75) is 19.5 Å². The van der Waals surface area contributed by atoms with E-state index in [9.17, 15) is 13.2 Å². The summed E-state index contributed by atoms with van der Waals surface area (Å²) in [5.41, 5.74) is 0.565. The van der Waals surface area contributed by atoms with Gasteiger partial charge in [0.1, 0.15) is 23.5 Å². The molecule has 0 radical (unpaired) electrons. The van der Waals surface area contributed by atoms with Gasteiger partial charge in [-0.05, 0) is 36.8 Å². The second-order valence-corrected chi connectivity index (χ2v) is 4.66. The molecule has 0 aliphatic carbocycles. The number of halogens is 3. The molecule has 0 amide bonds. The lowest BCUT2D eigenvalue weighted by molar-refractivity contribution is 0.487. The summed E-state index contributed by atoms with van der Waals surface area (Å²) >= 11 is 0. The Morgan fingerprint density at radius 3 is 2.38 bits per heavy atom. The first-order valence-corrected chi connectivity index (χ1v) is 6.38. The predicted molar refractivity (Wildman–Crippen MR) is 72.7 cm³/mol. The molecule has 108 valence electrons. The van der Waals surface area contributed by atoms with Crippen molar-refractivity contribution in [2.24, 2.45) is 0 Å². The van der Waals surface area contributed by atoms with Crippen molar-refractivity contribution in [1.82, 2.24) is 5.32 Å². The molecule has 2 aromatic rings. The molecule has 2 aromatic carbocycles. The Labute approximate surface area is 120 Å². The van der Waals surface area contributed by atoms with Gasteiger partial charge in [-0.25, -0.2) is 13.2 Å². The van der Waals surface area contributed by atoms with Crippen LogP contribution in [-0.4, -0.2) is 0 Å². The standard InChI is InChI=1S/C16H13F3N2/c1-10(16-14(18)3-2-4-15(16)19)21-9-11-5-6-13(17)12(7-11)8-20/h2-7,10,21H,9H2,1H3. The van der Waals surface area contributed by atoms with Gasteiger partial charge in [-0.2, -0.15) is 5.26 Å². The van der Waals surface area contributed by atoms with Crippen molar-refractivity contribution in [1.29, 1.82) is 5.26 Å². The molecule has 1 N–H and O–H groups in total. The number of nitrogens with one attached hydrogen (secondary N) is 1. The van der Waals surface area contributed by atoms with Crippen LogP contribution >= 0.6 is 0 Å². The minimum absolute atomic E-state index is 0.0416. The van der Waals surface area contributed by atoms with Crippen LogP contribution in [0.25, 0.3) is 0 Å². The summed E-state index contributed by atoms with van der Waals surface area (Å²) in [6.45, 7) is 1.90. The molecule has 2 nitrogen and oxygen atoms in total. The topological polar surface area (TPSA) is 35.8 Å².